The van der Waals surface area contributed by atoms with E-state index in [0.717, 1.165) is 0 Å². The number of aromatic nitrogens is 1. The molecule has 7 heteroatoms. The monoisotopic (exact) mass is 276 g/mol. The molecule has 0 saturated carbocycles. The zero-order valence-corrected chi connectivity index (χ0v) is 12.1. The first-order valence-electron chi connectivity index (χ1n) is 5.73. The van der Waals surface area contributed by atoms with Crippen molar-refractivity contribution in [3.63, 3.8) is 0 Å². The number of aliphatic hydroxyl groups is 1. The van der Waals surface area contributed by atoms with Gasteiger partial charge in [0.05, 0.1) is 5.60 Å². The van der Waals surface area contributed by atoms with Gasteiger partial charge in [0.15, 0.2) is 5.76 Å². The maximum Gasteiger partial charge on any atom is 0.246 e. The molecule has 1 atom stereocenters. The summed E-state index contributed by atoms with van der Waals surface area (Å²) in [5, 5.41) is 13.6. The molecule has 1 aromatic rings. The van der Waals surface area contributed by atoms with Crippen molar-refractivity contribution in [2.45, 2.75) is 45.1 Å². The van der Waals surface area contributed by atoms with E-state index in [2.05, 4.69) is 9.88 Å². The molecule has 0 radical (unpaired) electrons. The highest BCUT2D eigenvalue weighted by molar-refractivity contribution is 7.89. The van der Waals surface area contributed by atoms with Gasteiger partial charge in [0.1, 0.15) is 10.6 Å². The molecule has 2 N–H and O–H groups in total. The second-order valence-electron chi connectivity index (χ2n) is 4.99. The van der Waals surface area contributed by atoms with E-state index in [1.807, 2.05) is 13.8 Å². The second-order valence-corrected chi connectivity index (χ2v) is 6.69. The predicted octanol–water partition coefficient (Wildman–Crippen LogP) is 0.977. The molecule has 18 heavy (non-hydrogen) atoms. The fraction of sp³-hybridized carbons (Fsp3) is 0.727. The summed E-state index contributed by atoms with van der Waals surface area (Å²) < 4.78 is 31.4. The highest BCUT2D eigenvalue weighted by atomic mass is 32.2. The van der Waals surface area contributed by atoms with Gasteiger partial charge >= 0.3 is 0 Å². The minimum absolute atomic E-state index is 0.0436. The minimum atomic E-state index is -3.71. The standard InChI is InChI=1S/C11H20N2O4S/c1-7(2)11(5,14)6-12-18(15,16)10-8(3)13-17-9(10)4/h7,12,14H,6H2,1-5H3. The van der Waals surface area contributed by atoms with Gasteiger partial charge in [-0.1, -0.05) is 19.0 Å². The van der Waals surface area contributed by atoms with Gasteiger partial charge in [0.25, 0.3) is 0 Å². The van der Waals surface area contributed by atoms with Crippen LogP contribution in [0.4, 0.5) is 0 Å². The van der Waals surface area contributed by atoms with Gasteiger partial charge in [-0.2, -0.15) is 0 Å². The van der Waals surface area contributed by atoms with E-state index in [1.54, 1.807) is 13.8 Å². The summed E-state index contributed by atoms with van der Waals surface area (Å²) in [6.07, 6.45) is 0. The Morgan fingerprint density at radius 1 is 1.44 bits per heavy atom. The van der Waals surface area contributed by atoms with E-state index in [9.17, 15) is 13.5 Å². The van der Waals surface area contributed by atoms with Gasteiger partial charge in [-0.25, -0.2) is 13.1 Å². The highest BCUT2D eigenvalue weighted by Gasteiger charge is 2.30. The van der Waals surface area contributed by atoms with Crippen molar-refractivity contribution in [1.82, 2.24) is 9.88 Å². The Hall–Kier alpha value is -0.920. The van der Waals surface area contributed by atoms with Gasteiger partial charge in [0, 0.05) is 6.54 Å². The van der Waals surface area contributed by atoms with Crippen LogP contribution in [0.1, 0.15) is 32.2 Å². The van der Waals surface area contributed by atoms with Crippen molar-refractivity contribution in [2.24, 2.45) is 5.92 Å². The Bertz CT molecular complexity index is 498. The van der Waals surface area contributed by atoms with Crippen LogP contribution in [0.2, 0.25) is 0 Å². The molecule has 0 spiro atoms. The van der Waals surface area contributed by atoms with E-state index < -0.39 is 15.6 Å². The average molecular weight is 276 g/mol. The Kier molecular flexibility index (Phi) is 4.19. The molecule has 0 bridgehead atoms. The molecule has 0 saturated heterocycles. The predicted molar refractivity (Wildman–Crippen MR) is 66.6 cm³/mol. The fourth-order valence-electron chi connectivity index (χ4n) is 1.38. The van der Waals surface area contributed by atoms with E-state index in [4.69, 9.17) is 4.52 Å². The Morgan fingerprint density at radius 3 is 2.39 bits per heavy atom. The molecule has 0 aliphatic heterocycles. The second kappa shape index (κ2) is 4.99. The van der Waals surface area contributed by atoms with E-state index >= 15 is 0 Å². The van der Waals surface area contributed by atoms with Crippen LogP contribution in [-0.2, 0) is 10.0 Å². The van der Waals surface area contributed by atoms with Crippen LogP contribution in [0.5, 0.6) is 0 Å². The van der Waals surface area contributed by atoms with Crippen molar-refractivity contribution >= 4 is 10.0 Å². The van der Waals surface area contributed by atoms with E-state index in [1.165, 1.54) is 6.92 Å². The van der Waals surface area contributed by atoms with Gasteiger partial charge in [-0.05, 0) is 26.7 Å². The zero-order valence-electron chi connectivity index (χ0n) is 11.3. The van der Waals surface area contributed by atoms with E-state index in [0.29, 0.717) is 5.69 Å². The molecule has 6 nitrogen and oxygen atoms in total. The van der Waals surface area contributed by atoms with Crippen LogP contribution in [-0.4, -0.2) is 30.8 Å². The van der Waals surface area contributed by atoms with Crippen LogP contribution in [0.15, 0.2) is 9.42 Å². The van der Waals surface area contributed by atoms with Crippen LogP contribution in [0.25, 0.3) is 0 Å². The molecule has 0 fully saturated rings. The molecule has 104 valence electrons. The number of hydrogen-bond donors (Lipinski definition) is 2. The summed E-state index contributed by atoms with van der Waals surface area (Å²) in [6, 6.07) is 0. The van der Waals surface area contributed by atoms with Crippen molar-refractivity contribution in [3.05, 3.63) is 11.5 Å². The van der Waals surface area contributed by atoms with Crippen molar-refractivity contribution in [3.8, 4) is 0 Å². The third kappa shape index (κ3) is 3.09. The lowest BCUT2D eigenvalue weighted by Gasteiger charge is -2.27. The first kappa shape index (κ1) is 15.1. The maximum atomic E-state index is 12.1. The first-order chi connectivity index (χ1) is 8.08. The third-order valence-corrected chi connectivity index (χ3v) is 4.75. The Balaban J connectivity index is 2.91. The van der Waals surface area contributed by atoms with Gasteiger partial charge in [-0.15, -0.1) is 0 Å². The molecule has 0 aliphatic carbocycles. The summed E-state index contributed by atoms with van der Waals surface area (Å²) in [7, 11) is -3.71. The smallest absolute Gasteiger partial charge is 0.246 e. The van der Waals surface area contributed by atoms with E-state index in [-0.39, 0.29) is 23.1 Å². The van der Waals surface area contributed by atoms with Crippen LogP contribution in [0, 0.1) is 19.8 Å². The quantitative estimate of drug-likeness (QED) is 0.836. The van der Waals surface area contributed by atoms with Gasteiger partial charge < -0.3 is 9.63 Å². The number of nitrogens with zero attached hydrogens (tertiary/aromatic N) is 1. The molecule has 0 aliphatic rings. The molecule has 1 unspecified atom stereocenters. The average Bonchev–Trinajstić information content (AvgIpc) is 2.56. The number of hydrogen-bond acceptors (Lipinski definition) is 5. The topological polar surface area (TPSA) is 92.4 Å². The third-order valence-electron chi connectivity index (χ3n) is 3.10. The number of rotatable bonds is 5. The van der Waals surface area contributed by atoms with Gasteiger partial charge in [-0.3, -0.25) is 0 Å². The number of aryl methyl sites for hydroxylation is 2. The molecule has 0 amide bonds. The summed E-state index contributed by atoms with van der Waals surface area (Å²) >= 11 is 0. The number of nitrogens with one attached hydrogen (secondary N) is 1. The zero-order chi connectivity index (χ0) is 14.1. The Morgan fingerprint density at radius 2 is 2.00 bits per heavy atom. The minimum Gasteiger partial charge on any atom is -0.389 e. The molecule has 1 aromatic heterocycles. The lowest BCUT2D eigenvalue weighted by molar-refractivity contribution is 0.0190. The number of sulfonamides is 1. The largest absolute Gasteiger partial charge is 0.389 e. The molecule has 0 aromatic carbocycles. The Labute approximate surface area is 107 Å². The summed E-state index contributed by atoms with van der Waals surface area (Å²) in [6.45, 7) is 8.28. The molecular weight excluding hydrogens is 256 g/mol. The normalized spacial score (nSPS) is 15.9. The van der Waals surface area contributed by atoms with Crippen molar-refractivity contribution in [1.29, 1.82) is 0 Å². The van der Waals surface area contributed by atoms with Crippen molar-refractivity contribution in [2.75, 3.05) is 6.54 Å². The maximum absolute atomic E-state index is 12.1. The molecule has 1 rings (SSSR count). The summed E-state index contributed by atoms with van der Waals surface area (Å²) in [5.41, 5.74) is -0.796. The van der Waals surface area contributed by atoms with Crippen LogP contribution < -0.4 is 4.72 Å². The summed E-state index contributed by atoms with van der Waals surface area (Å²) in [5.74, 6) is 0.175. The van der Waals surface area contributed by atoms with Crippen LogP contribution >= 0.6 is 0 Å². The summed E-state index contributed by atoms with van der Waals surface area (Å²) in [4.78, 5) is 0.0436. The SMILES string of the molecule is Cc1noc(C)c1S(=O)(=O)NCC(C)(O)C(C)C. The molecular formula is C11H20N2O4S. The first-order valence-corrected chi connectivity index (χ1v) is 7.21. The lowest BCUT2D eigenvalue weighted by Crippen LogP contribution is -2.44. The van der Waals surface area contributed by atoms with Crippen molar-refractivity contribution < 1.29 is 18.0 Å². The highest BCUT2D eigenvalue weighted by Crippen LogP contribution is 2.20. The lowest BCUT2D eigenvalue weighted by atomic mass is 9.93. The molecule has 1 heterocycles. The van der Waals surface area contributed by atoms with Gasteiger partial charge in [0.2, 0.25) is 10.0 Å². The fourth-order valence-corrected chi connectivity index (χ4v) is 2.84. The van der Waals surface area contributed by atoms with Crippen LogP contribution in [0.3, 0.4) is 0 Å².